The van der Waals surface area contributed by atoms with Crippen molar-refractivity contribution >= 4 is 36.7 Å². The lowest BCUT2D eigenvalue weighted by Gasteiger charge is -2.24. The Morgan fingerprint density at radius 2 is 1.73 bits per heavy atom. The van der Waals surface area contributed by atoms with Crippen molar-refractivity contribution in [1.29, 1.82) is 0 Å². The third-order valence-electron chi connectivity index (χ3n) is 2.46. The molecule has 0 aliphatic heterocycles. The fraction of sp³-hybridized carbons (Fsp3) is 0.462. The van der Waals surface area contributed by atoms with E-state index in [-0.39, 0.29) is 30.5 Å². The van der Waals surface area contributed by atoms with Gasteiger partial charge in [-0.25, -0.2) is 0 Å². The molecule has 22 heavy (non-hydrogen) atoms. The Labute approximate surface area is 137 Å². The number of halogens is 3. The van der Waals surface area contributed by atoms with Gasteiger partial charge < -0.3 is 9.05 Å². The van der Waals surface area contributed by atoms with E-state index in [2.05, 4.69) is 9.05 Å². The van der Waals surface area contributed by atoms with Crippen LogP contribution < -0.4 is 0 Å². The van der Waals surface area contributed by atoms with Crippen LogP contribution in [0, 0.1) is 0 Å². The topological polar surface area (TPSA) is 52.6 Å². The molecule has 0 radical (unpaired) electrons. The monoisotopic (exact) mass is 372 g/mol. The van der Waals surface area contributed by atoms with Crippen LogP contribution in [0.25, 0.3) is 0 Å². The first-order chi connectivity index (χ1) is 10.3. The quantitative estimate of drug-likeness (QED) is 0.447. The molecule has 0 N–H and O–H groups in total. The van der Waals surface area contributed by atoms with Gasteiger partial charge in [-0.1, -0.05) is 23.4 Å². The van der Waals surface area contributed by atoms with Crippen molar-refractivity contribution < 1.29 is 27.2 Å². The molecule has 0 saturated carbocycles. The first-order valence-corrected chi connectivity index (χ1v) is 9.36. The van der Waals surface area contributed by atoms with Crippen LogP contribution in [-0.4, -0.2) is 29.7 Å². The van der Waals surface area contributed by atoms with E-state index in [1.807, 2.05) is 0 Å². The maximum absolute atomic E-state index is 14.1. The predicted molar refractivity (Wildman–Crippen MR) is 84.0 cm³/mol. The highest BCUT2D eigenvalue weighted by atomic mass is 35.5. The summed E-state index contributed by atoms with van der Waals surface area (Å²) in [6.45, 7) is 2.51. The van der Waals surface area contributed by atoms with Crippen LogP contribution in [-0.2, 0) is 13.6 Å². The first kappa shape index (κ1) is 19.6. The fourth-order valence-electron chi connectivity index (χ4n) is 1.48. The number of Topliss-reactive ketones (excluding diaryl/α,β-unsaturated/α-hetero) is 1. The summed E-state index contributed by atoms with van der Waals surface area (Å²) in [4.78, 5) is 8.07. The molecule has 1 aromatic carbocycles. The lowest BCUT2D eigenvalue weighted by molar-refractivity contribution is 0.101. The van der Waals surface area contributed by atoms with Gasteiger partial charge in [0.05, 0.1) is 19.0 Å². The number of hydrogen-bond donors (Lipinski definition) is 0. The standard InChI is InChI=1S/C13H16ClF2O4PS/c1-3-19-21(18,20-4-2)13(15,16)22-9-12(17)10-5-7-11(14)8-6-10/h5-8H,3-4,9H2,1-2H3. The molecule has 0 saturated heterocycles. The molecule has 0 aliphatic carbocycles. The van der Waals surface area contributed by atoms with Crippen LogP contribution >= 0.6 is 31.0 Å². The number of carbonyl (C=O) groups is 1. The van der Waals surface area contributed by atoms with Gasteiger partial charge in [0.1, 0.15) is 0 Å². The molecule has 124 valence electrons. The van der Waals surface area contributed by atoms with E-state index < -0.39 is 24.1 Å². The van der Waals surface area contributed by atoms with Gasteiger partial charge in [0, 0.05) is 10.6 Å². The summed E-state index contributed by atoms with van der Waals surface area (Å²) in [5, 5.41) is 0.437. The second-order valence-corrected chi connectivity index (χ2v) is 7.94. The summed E-state index contributed by atoms with van der Waals surface area (Å²) in [6.07, 6.45) is 0. The second-order valence-electron chi connectivity index (χ2n) is 4.04. The molecule has 0 bridgehead atoms. The van der Waals surface area contributed by atoms with Crippen LogP contribution in [0.3, 0.4) is 0 Å². The smallest absolute Gasteiger partial charge is 0.304 e. The molecule has 1 rings (SSSR count). The van der Waals surface area contributed by atoms with Crippen molar-refractivity contribution in [2.75, 3.05) is 19.0 Å². The van der Waals surface area contributed by atoms with E-state index in [4.69, 9.17) is 11.6 Å². The van der Waals surface area contributed by atoms with E-state index in [0.29, 0.717) is 5.02 Å². The minimum absolute atomic E-state index is 0.0563. The normalized spacial score (nSPS) is 12.4. The van der Waals surface area contributed by atoms with Gasteiger partial charge in [0.25, 0.3) is 0 Å². The van der Waals surface area contributed by atoms with Gasteiger partial charge in [0.2, 0.25) is 0 Å². The molecule has 0 fully saturated rings. The van der Waals surface area contributed by atoms with Crippen molar-refractivity contribution in [3.63, 3.8) is 0 Å². The Morgan fingerprint density at radius 1 is 1.23 bits per heavy atom. The molecule has 0 atom stereocenters. The minimum atomic E-state index is -4.62. The van der Waals surface area contributed by atoms with Gasteiger partial charge in [-0.15, -0.1) is 0 Å². The summed E-state index contributed by atoms with van der Waals surface area (Å²) in [5.41, 5.74) is 0.246. The van der Waals surface area contributed by atoms with Crippen molar-refractivity contribution in [2.24, 2.45) is 0 Å². The molecule has 0 aliphatic rings. The first-order valence-electron chi connectivity index (χ1n) is 6.45. The lowest BCUT2D eigenvalue weighted by Crippen LogP contribution is -2.19. The van der Waals surface area contributed by atoms with Crippen LogP contribution in [0.2, 0.25) is 5.02 Å². The van der Waals surface area contributed by atoms with Crippen LogP contribution in [0.15, 0.2) is 24.3 Å². The highest BCUT2D eigenvalue weighted by Crippen LogP contribution is 2.66. The minimum Gasteiger partial charge on any atom is -0.304 e. The molecule has 0 amide bonds. The number of alkyl halides is 2. The molecule has 0 spiro atoms. The number of benzene rings is 1. The summed E-state index contributed by atoms with van der Waals surface area (Å²) >= 11 is 5.63. The van der Waals surface area contributed by atoms with E-state index in [1.54, 1.807) is 0 Å². The summed E-state index contributed by atoms with van der Waals surface area (Å²) in [7, 11) is -4.62. The number of ketones is 1. The largest absolute Gasteiger partial charge is 0.410 e. The second kappa shape index (κ2) is 8.41. The Bertz CT molecular complexity index is 543. The molecular formula is C13H16ClF2O4PS. The molecule has 4 nitrogen and oxygen atoms in total. The predicted octanol–water partition coefficient (Wildman–Crippen LogP) is 5.07. The Kier molecular flexibility index (Phi) is 7.49. The Balaban J connectivity index is 2.77. The number of thioether (sulfide) groups is 1. The highest BCUT2D eigenvalue weighted by Gasteiger charge is 2.54. The lowest BCUT2D eigenvalue weighted by atomic mass is 10.1. The third kappa shape index (κ3) is 5.03. The van der Waals surface area contributed by atoms with Crippen molar-refractivity contribution in [3.05, 3.63) is 34.9 Å². The molecule has 0 unspecified atom stereocenters. The van der Waals surface area contributed by atoms with Gasteiger partial charge in [-0.3, -0.25) is 9.36 Å². The molecule has 0 heterocycles. The average molecular weight is 373 g/mol. The van der Waals surface area contributed by atoms with Gasteiger partial charge in [-0.05, 0) is 38.1 Å². The zero-order chi connectivity index (χ0) is 16.8. The van der Waals surface area contributed by atoms with E-state index in [0.717, 1.165) is 0 Å². The van der Waals surface area contributed by atoms with Crippen molar-refractivity contribution in [1.82, 2.24) is 0 Å². The maximum Gasteiger partial charge on any atom is 0.410 e. The number of carbonyl (C=O) groups excluding carboxylic acids is 1. The van der Waals surface area contributed by atoms with E-state index in [1.165, 1.54) is 38.1 Å². The van der Waals surface area contributed by atoms with Crippen molar-refractivity contribution in [2.45, 2.75) is 18.8 Å². The summed E-state index contributed by atoms with van der Waals surface area (Å²) < 4.78 is 49.5. The van der Waals surface area contributed by atoms with Gasteiger partial charge in [-0.2, -0.15) is 8.78 Å². The number of hydrogen-bond acceptors (Lipinski definition) is 5. The Morgan fingerprint density at radius 3 is 2.18 bits per heavy atom. The maximum atomic E-state index is 14.1. The molecule has 1 aromatic rings. The summed E-state index contributed by atoms with van der Waals surface area (Å²) in [5.74, 6) is -1.08. The third-order valence-corrected chi connectivity index (χ3v) is 6.36. The fourth-order valence-corrected chi connectivity index (χ4v) is 4.27. The van der Waals surface area contributed by atoms with Crippen LogP contribution in [0.5, 0.6) is 0 Å². The van der Waals surface area contributed by atoms with E-state index >= 15 is 0 Å². The average Bonchev–Trinajstić information content (AvgIpc) is 2.46. The SMILES string of the molecule is CCOP(=O)(OCC)C(F)(F)SCC(=O)c1ccc(Cl)cc1. The van der Waals surface area contributed by atoms with Gasteiger partial charge >= 0.3 is 12.6 Å². The zero-order valence-corrected chi connectivity index (χ0v) is 14.5. The van der Waals surface area contributed by atoms with Crippen LogP contribution in [0.1, 0.15) is 24.2 Å². The molecule has 0 aromatic heterocycles. The zero-order valence-electron chi connectivity index (χ0n) is 12.1. The molecule has 9 heteroatoms. The summed E-state index contributed by atoms with van der Waals surface area (Å²) in [6, 6.07) is 5.86. The van der Waals surface area contributed by atoms with E-state index in [9.17, 15) is 18.1 Å². The van der Waals surface area contributed by atoms with Crippen molar-refractivity contribution in [3.8, 4) is 0 Å². The van der Waals surface area contributed by atoms with Crippen LogP contribution in [0.4, 0.5) is 8.78 Å². The molecular weight excluding hydrogens is 357 g/mol. The van der Waals surface area contributed by atoms with Gasteiger partial charge in [0.15, 0.2) is 5.78 Å². The number of rotatable bonds is 9. The Hall–Kier alpha value is -0.460. The highest BCUT2D eigenvalue weighted by molar-refractivity contribution is 8.06.